The third kappa shape index (κ3) is 17.4. The van der Waals surface area contributed by atoms with Crippen molar-refractivity contribution in [3.05, 3.63) is 174 Å². The number of nitro benzene ring substituents is 1. The first kappa shape index (κ1) is 53.7. The first-order valence-corrected chi connectivity index (χ1v) is 25.1. The van der Waals surface area contributed by atoms with Crippen molar-refractivity contribution in [2.45, 2.75) is 76.5 Å². The van der Waals surface area contributed by atoms with Crippen molar-refractivity contribution in [3.8, 4) is 0 Å². The van der Waals surface area contributed by atoms with E-state index in [2.05, 4.69) is 31.2 Å². The molecule has 4 amide bonds. The second kappa shape index (κ2) is 26.5. The van der Waals surface area contributed by atoms with Gasteiger partial charge in [-0.05, 0) is 60.1 Å². The number of benzene rings is 4. The highest BCUT2D eigenvalue weighted by molar-refractivity contribution is 7.87. The Balaban J connectivity index is 0.000000261. The second-order valence-electron chi connectivity index (χ2n) is 15.5. The molecule has 6 N–H and O–H groups in total. The minimum Gasteiger partial charge on any atom is -0.453 e. The maximum absolute atomic E-state index is 13.3. The van der Waals surface area contributed by atoms with Gasteiger partial charge in [0.2, 0.25) is 11.8 Å². The van der Waals surface area contributed by atoms with Gasteiger partial charge < -0.3 is 30.7 Å². The number of carbonyl (C=O) groups is 4. The Hall–Kier alpha value is -7.27. The van der Waals surface area contributed by atoms with Gasteiger partial charge in [0, 0.05) is 35.7 Å². The van der Waals surface area contributed by atoms with Crippen LogP contribution in [0.3, 0.4) is 0 Å². The third-order valence-corrected chi connectivity index (χ3v) is 13.0. The molecule has 0 spiro atoms. The van der Waals surface area contributed by atoms with E-state index >= 15 is 0 Å². The van der Waals surface area contributed by atoms with Crippen LogP contribution in [0, 0.1) is 10.1 Å². The SMILES string of the molecule is CCc1nc([C@H](Cc2ccc(NS(=O)(=O)O)cc2)NC(=O)[C@H](Cc2ccccc2)NC(=O)OC)cs1.CCc1nc([C@H](Cc2ccc([N+](=O)[O-])cc2)NC(=O)[C@H](Cc2ccccc2)NC(=O)OC)cs1. The molecule has 6 aromatic rings. The molecule has 4 aromatic carbocycles. The lowest BCUT2D eigenvalue weighted by Crippen LogP contribution is -2.49. The third-order valence-electron chi connectivity index (χ3n) is 10.5. The number of nitrogens with zero attached hydrogens (tertiary/aromatic N) is 3. The van der Waals surface area contributed by atoms with E-state index in [-0.39, 0.29) is 30.1 Å². The van der Waals surface area contributed by atoms with Gasteiger partial charge in [0.05, 0.1) is 58.3 Å². The summed E-state index contributed by atoms with van der Waals surface area (Å²) in [6, 6.07) is 28.5. The van der Waals surface area contributed by atoms with Gasteiger partial charge in [-0.15, -0.1) is 22.7 Å². The van der Waals surface area contributed by atoms with Crippen LogP contribution in [-0.2, 0) is 67.9 Å². The lowest BCUT2D eigenvalue weighted by atomic mass is 10.0. The molecule has 2 heterocycles. The van der Waals surface area contributed by atoms with E-state index in [1.165, 1.54) is 61.2 Å². The maximum atomic E-state index is 13.3. The Morgan fingerprint density at radius 2 is 1.00 bits per heavy atom. The van der Waals surface area contributed by atoms with Crippen molar-refractivity contribution in [2.24, 2.45) is 0 Å². The van der Waals surface area contributed by atoms with Gasteiger partial charge in [0.15, 0.2) is 0 Å². The number of rotatable bonds is 21. The summed E-state index contributed by atoms with van der Waals surface area (Å²) in [5, 5.41) is 27.8. The van der Waals surface area contributed by atoms with Gasteiger partial charge in [-0.25, -0.2) is 19.6 Å². The molecule has 70 heavy (non-hydrogen) atoms. The molecule has 0 bridgehead atoms. The first-order valence-electron chi connectivity index (χ1n) is 21.9. The Morgan fingerprint density at radius 1 is 0.614 bits per heavy atom. The number of amides is 4. The number of carbonyl (C=O) groups excluding carboxylic acids is 4. The number of methoxy groups -OCH3 is 2. The number of thiazole rings is 2. The monoisotopic (exact) mass is 1010 g/mol. The molecule has 19 nitrogen and oxygen atoms in total. The standard InChI is InChI=1S/C24H28N4O6S2.C24H26N4O5S/c1-3-22-25-21(15-35-22)19(13-17-9-11-18(12-10-17)28-36(31,32)33)26-23(29)20(27-24(30)34-2)14-16-7-5-4-6-8-16;1-3-22-25-21(15-34-22)19(13-17-9-11-18(12-10-17)28(31)32)26-23(29)20(27-24(30)33-2)14-16-7-5-4-6-8-16/h4-12,15,19-20,28H,3,13-14H2,1-2H3,(H,26,29)(H,27,30)(H,31,32,33);4-12,15,19-20H,3,13-14H2,1-2H3,(H,26,29)(H,27,30)/t2*19-,20-/m00/s1. The number of non-ortho nitro benzene ring substituents is 1. The minimum absolute atomic E-state index is 0.00327. The summed E-state index contributed by atoms with van der Waals surface area (Å²) >= 11 is 3.00. The fraction of sp³-hybridized carbons (Fsp3) is 0.292. The topological polar surface area (TPSA) is 270 Å². The maximum Gasteiger partial charge on any atom is 0.407 e. The van der Waals surface area contributed by atoms with Crippen LogP contribution in [0.1, 0.15) is 69.6 Å². The van der Waals surface area contributed by atoms with Gasteiger partial charge in [-0.3, -0.25) is 29.0 Å². The van der Waals surface area contributed by atoms with Crippen molar-refractivity contribution in [3.63, 3.8) is 0 Å². The molecule has 370 valence electrons. The summed E-state index contributed by atoms with van der Waals surface area (Å²) in [6.45, 7) is 4.00. The predicted octanol–water partition coefficient (Wildman–Crippen LogP) is 7.27. The van der Waals surface area contributed by atoms with Crippen molar-refractivity contribution in [1.29, 1.82) is 0 Å². The van der Waals surface area contributed by atoms with Gasteiger partial charge in [-0.1, -0.05) is 98.8 Å². The average molecular weight is 1020 g/mol. The molecule has 22 heteroatoms. The van der Waals surface area contributed by atoms with E-state index in [0.29, 0.717) is 24.2 Å². The van der Waals surface area contributed by atoms with Gasteiger partial charge in [0.25, 0.3) is 5.69 Å². The molecule has 0 aliphatic heterocycles. The number of alkyl carbamates (subject to hydrolysis) is 2. The van der Waals surface area contributed by atoms with Crippen molar-refractivity contribution in [1.82, 2.24) is 31.2 Å². The summed E-state index contributed by atoms with van der Waals surface area (Å²) in [6.07, 6.45) is 1.39. The van der Waals surface area contributed by atoms with E-state index in [9.17, 15) is 37.7 Å². The van der Waals surface area contributed by atoms with Crippen LogP contribution in [0.4, 0.5) is 21.0 Å². The normalized spacial score (nSPS) is 12.6. The zero-order valence-corrected chi connectivity index (χ0v) is 41.1. The largest absolute Gasteiger partial charge is 0.453 e. The van der Waals surface area contributed by atoms with Crippen LogP contribution in [0.25, 0.3) is 0 Å². The van der Waals surface area contributed by atoms with Crippen molar-refractivity contribution >= 4 is 68.4 Å². The van der Waals surface area contributed by atoms with Crippen LogP contribution in [-0.4, -0.2) is 78.2 Å². The first-order chi connectivity index (χ1) is 33.6. The molecular formula is C48H54N8O11S3. The van der Waals surface area contributed by atoms with E-state index < -0.39 is 57.5 Å². The number of hydrogen-bond donors (Lipinski definition) is 6. The Labute approximate surface area is 413 Å². The average Bonchev–Trinajstić information content (AvgIpc) is 4.05. The lowest BCUT2D eigenvalue weighted by Gasteiger charge is -2.23. The molecule has 4 atom stereocenters. The number of nitrogens with one attached hydrogen (secondary N) is 5. The second-order valence-corrected chi connectivity index (χ2v) is 18.6. The van der Waals surface area contributed by atoms with E-state index in [1.807, 2.05) is 90.0 Å². The minimum atomic E-state index is -4.38. The highest BCUT2D eigenvalue weighted by Gasteiger charge is 2.28. The number of nitro groups is 1. The van der Waals surface area contributed by atoms with Crippen LogP contribution in [0.5, 0.6) is 0 Å². The highest BCUT2D eigenvalue weighted by Crippen LogP contribution is 2.25. The molecule has 0 aliphatic carbocycles. The van der Waals surface area contributed by atoms with Crippen LogP contribution in [0.2, 0.25) is 0 Å². The smallest absolute Gasteiger partial charge is 0.407 e. The molecule has 0 fully saturated rings. The van der Waals surface area contributed by atoms with Gasteiger partial charge >= 0.3 is 22.5 Å². The summed E-state index contributed by atoms with van der Waals surface area (Å²) in [5.41, 5.74) is 4.94. The fourth-order valence-corrected chi connectivity index (χ4v) is 8.93. The molecule has 6 rings (SSSR count). The molecular weight excluding hydrogens is 961 g/mol. The Kier molecular flexibility index (Phi) is 20.3. The number of hydrogen-bond acceptors (Lipinski definition) is 14. The summed E-state index contributed by atoms with van der Waals surface area (Å²) in [4.78, 5) is 70.3. The van der Waals surface area contributed by atoms with E-state index in [4.69, 9.17) is 14.0 Å². The van der Waals surface area contributed by atoms with Gasteiger partial charge in [0.1, 0.15) is 12.1 Å². The van der Waals surface area contributed by atoms with Crippen LogP contribution >= 0.6 is 22.7 Å². The Morgan fingerprint density at radius 3 is 1.34 bits per heavy atom. The molecule has 0 unspecified atom stereocenters. The molecule has 0 saturated heterocycles. The predicted molar refractivity (Wildman–Crippen MR) is 266 cm³/mol. The summed E-state index contributed by atoms with van der Waals surface area (Å²) in [5.74, 6) is -0.780. The van der Waals surface area contributed by atoms with E-state index in [1.54, 1.807) is 24.3 Å². The quantitative estimate of drug-likeness (QED) is 0.0236. The van der Waals surface area contributed by atoms with Crippen LogP contribution < -0.4 is 26.0 Å². The van der Waals surface area contributed by atoms with Gasteiger partial charge in [-0.2, -0.15) is 8.42 Å². The fourth-order valence-electron chi connectivity index (χ4n) is 6.90. The molecule has 0 aliphatic rings. The van der Waals surface area contributed by atoms with Crippen molar-refractivity contribution < 1.29 is 46.5 Å². The zero-order valence-electron chi connectivity index (χ0n) is 38.7. The summed E-state index contributed by atoms with van der Waals surface area (Å²) in [7, 11) is -1.90. The molecule has 0 saturated carbocycles. The van der Waals surface area contributed by atoms with Crippen LogP contribution in [0.15, 0.2) is 120 Å². The summed E-state index contributed by atoms with van der Waals surface area (Å²) < 4.78 is 42.5. The zero-order chi connectivity index (χ0) is 50.6. The number of ether oxygens (including phenoxy) is 2. The highest BCUT2D eigenvalue weighted by atomic mass is 32.2. The van der Waals surface area contributed by atoms with E-state index in [0.717, 1.165) is 45.1 Å². The number of anilines is 1. The molecule has 0 radical (unpaired) electrons. The van der Waals surface area contributed by atoms with Crippen molar-refractivity contribution in [2.75, 3.05) is 18.9 Å². The number of aryl methyl sites for hydroxylation is 2. The molecule has 2 aromatic heterocycles. The number of aromatic nitrogens is 2. The lowest BCUT2D eigenvalue weighted by molar-refractivity contribution is -0.384. The Bertz CT molecular complexity index is 2760.